The molecule has 0 unspecified atom stereocenters. The topological polar surface area (TPSA) is 67.8 Å². The quantitative estimate of drug-likeness (QED) is 0.678. The van der Waals surface area contributed by atoms with E-state index in [1.807, 2.05) is 18.2 Å². The second-order valence-corrected chi connectivity index (χ2v) is 8.07. The van der Waals surface area contributed by atoms with Gasteiger partial charge in [-0.15, -0.1) is 11.3 Å². The number of benzene rings is 1. The van der Waals surface area contributed by atoms with E-state index >= 15 is 0 Å². The smallest absolute Gasteiger partial charge is 0.286 e. The number of unbranched alkanes of at least 4 members (excludes halogenated alkanes) is 1. The lowest BCUT2D eigenvalue weighted by molar-refractivity contribution is -0.146. The van der Waals surface area contributed by atoms with E-state index in [0.717, 1.165) is 19.3 Å². The third kappa shape index (κ3) is 4.51. The Balaban J connectivity index is 1.54. The highest BCUT2D eigenvalue weighted by Gasteiger charge is 2.32. The van der Waals surface area contributed by atoms with Crippen molar-refractivity contribution in [2.24, 2.45) is 0 Å². The van der Waals surface area contributed by atoms with E-state index < -0.39 is 6.29 Å². The van der Waals surface area contributed by atoms with Crippen molar-refractivity contribution >= 4 is 27.3 Å². The van der Waals surface area contributed by atoms with Crippen molar-refractivity contribution in [2.75, 3.05) is 13.2 Å². The molecule has 1 fully saturated rings. The molecule has 0 spiro atoms. The molecule has 0 saturated heterocycles. The summed E-state index contributed by atoms with van der Waals surface area (Å²) >= 11 is 1.72. The fourth-order valence-corrected chi connectivity index (χ4v) is 4.36. The van der Waals surface area contributed by atoms with Crippen LogP contribution in [0.1, 0.15) is 43.6 Å². The van der Waals surface area contributed by atoms with Crippen molar-refractivity contribution in [1.82, 2.24) is 5.32 Å². The van der Waals surface area contributed by atoms with Crippen LogP contribution in [-0.4, -0.2) is 36.6 Å². The number of carbonyl (C=O) groups excluding carboxylic acids is 1. The largest absolute Gasteiger partial charge is 0.459 e. The monoisotopic (exact) mass is 387 g/mol. The average molecular weight is 388 g/mol. The van der Waals surface area contributed by atoms with E-state index in [4.69, 9.17) is 14.6 Å². The fraction of sp³-hybridized carbons (Fsp3) is 0.476. The first-order valence-corrected chi connectivity index (χ1v) is 10.5. The summed E-state index contributed by atoms with van der Waals surface area (Å²) in [5.41, 5.74) is 1.22. The number of aliphatic hydroxyl groups is 1. The standard InChI is InChI=1S/C21H25NO4S/c23-9-3-4-10-25-20-12-14(11-18(26-20)21(24)22-15-7-8-15)17-13-27-19-6-2-1-5-16(17)19/h1-2,5-6,11,13-15,20,23H,3-4,7-10,12H2,(H,22,24)/t14-,20+/m1/s1. The van der Waals surface area contributed by atoms with Crippen LogP contribution in [-0.2, 0) is 14.3 Å². The van der Waals surface area contributed by atoms with Crippen LogP contribution in [0.2, 0.25) is 0 Å². The molecule has 144 valence electrons. The van der Waals surface area contributed by atoms with Crippen molar-refractivity contribution in [3.05, 3.63) is 47.0 Å². The van der Waals surface area contributed by atoms with E-state index in [-0.39, 0.29) is 24.5 Å². The molecule has 2 aliphatic rings. The predicted octanol–water partition coefficient (Wildman–Crippen LogP) is 3.68. The van der Waals surface area contributed by atoms with Gasteiger partial charge in [0.25, 0.3) is 5.91 Å². The van der Waals surface area contributed by atoms with Crippen LogP contribution in [0, 0.1) is 0 Å². The first-order chi connectivity index (χ1) is 13.2. The van der Waals surface area contributed by atoms with Gasteiger partial charge in [0.15, 0.2) is 5.76 Å². The number of rotatable bonds is 8. The van der Waals surface area contributed by atoms with E-state index in [1.54, 1.807) is 11.3 Å². The minimum Gasteiger partial charge on any atom is -0.459 e. The van der Waals surface area contributed by atoms with Gasteiger partial charge in [0, 0.05) is 29.7 Å². The number of fused-ring (bicyclic) bond motifs is 1. The Morgan fingerprint density at radius 3 is 2.96 bits per heavy atom. The molecule has 1 saturated carbocycles. The van der Waals surface area contributed by atoms with Gasteiger partial charge in [-0.1, -0.05) is 18.2 Å². The lowest BCUT2D eigenvalue weighted by atomic mass is 9.92. The Kier molecular flexibility index (Phi) is 5.76. The van der Waals surface area contributed by atoms with Crippen LogP contribution in [0.5, 0.6) is 0 Å². The molecule has 1 aliphatic carbocycles. The minimum atomic E-state index is -0.447. The number of nitrogens with one attached hydrogen (secondary N) is 1. The molecule has 0 radical (unpaired) electrons. The fourth-order valence-electron chi connectivity index (χ4n) is 3.33. The first-order valence-electron chi connectivity index (χ1n) is 9.62. The van der Waals surface area contributed by atoms with Crippen LogP contribution in [0.4, 0.5) is 0 Å². The second kappa shape index (κ2) is 8.42. The zero-order chi connectivity index (χ0) is 18.6. The van der Waals surface area contributed by atoms with Crippen LogP contribution in [0.3, 0.4) is 0 Å². The molecular formula is C21H25NO4S. The molecule has 5 nitrogen and oxygen atoms in total. The van der Waals surface area contributed by atoms with Crippen LogP contribution in [0.15, 0.2) is 41.5 Å². The molecule has 2 atom stereocenters. The third-order valence-corrected chi connectivity index (χ3v) is 5.94. The lowest BCUT2D eigenvalue weighted by Gasteiger charge is -2.29. The SMILES string of the molecule is O=C(NC1CC1)C1=C[C@@H](c2csc3ccccc23)C[C@@H](OCCCCO)O1. The van der Waals surface area contributed by atoms with Gasteiger partial charge in [0.2, 0.25) is 6.29 Å². The number of ether oxygens (including phenoxy) is 2. The molecule has 2 heterocycles. The highest BCUT2D eigenvalue weighted by Crippen LogP contribution is 2.38. The van der Waals surface area contributed by atoms with Gasteiger partial charge in [0.05, 0.1) is 6.61 Å². The number of hydrogen-bond donors (Lipinski definition) is 2. The van der Waals surface area contributed by atoms with Crippen molar-refractivity contribution in [2.45, 2.75) is 50.4 Å². The zero-order valence-corrected chi connectivity index (χ0v) is 16.0. The number of allylic oxidation sites excluding steroid dienone is 1. The van der Waals surface area contributed by atoms with Gasteiger partial charge < -0.3 is 19.9 Å². The second-order valence-electron chi connectivity index (χ2n) is 7.16. The van der Waals surface area contributed by atoms with Crippen molar-refractivity contribution < 1.29 is 19.4 Å². The Hall–Kier alpha value is -1.89. The minimum absolute atomic E-state index is 0.0812. The molecule has 1 aromatic heterocycles. The predicted molar refractivity (Wildman–Crippen MR) is 106 cm³/mol. The normalized spacial score (nSPS) is 22.3. The summed E-state index contributed by atoms with van der Waals surface area (Å²) in [7, 11) is 0. The zero-order valence-electron chi connectivity index (χ0n) is 15.2. The Morgan fingerprint density at radius 2 is 2.15 bits per heavy atom. The first kappa shape index (κ1) is 18.5. The summed E-state index contributed by atoms with van der Waals surface area (Å²) in [5.74, 6) is 0.295. The van der Waals surface area contributed by atoms with Gasteiger partial charge in [-0.25, -0.2) is 0 Å². The molecule has 27 heavy (non-hydrogen) atoms. The number of carbonyl (C=O) groups is 1. The van der Waals surface area contributed by atoms with Crippen molar-refractivity contribution in [1.29, 1.82) is 0 Å². The molecule has 2 N–H and O–H groups in total. The number of aliphatic hydroxyl groups excluding tert-OH is 1. The summed E-state index contributed by atoms with van der Waals surface area (Å²) in [5, 5.41) is 15.3. The number of hydrogen-bond acceptors (Lipinski definition) is 5. The summed E-state index contributed by atoms with van der Waals surface area (Å²) in [6.07, 6.45) is 5.74. The summed E-state index contributed by atoms with van der Waals surface area (Å²) in [4.78, 5) is 12.6. The van der Waals surface area contributed by atoms with Gasteiger partial charge in [-0.05, 0) is 54.2 Å². The van der Waals surface area contributed by atoms with Crippen LogP contribution >= 0.6 is 11.3 Å². The summed E-state index contributed by atoms with van der Waals surface area (Å²) in [6, 6.07) is 8.63. The van der Waals surface area contributed by atoms with E-state index in [0.29, 0.717) is 25.2 Å². The maximum Gasteiger partial charge on any atom is 0.286 e. The maximum absolute atomic E-state index is 12.6. The van der Waals surface area contributed by atoms with Crippen LogP contribution < -0.4 is 5.32 Å². The molecule has 1 aromatic carbocycles. The highest BCUT2D eigenvalue weighted by molar-refractivity contribution is 7.17. The lowest BCUT2D eigenvalue weighted by Crippen LogP contribution is -2.34. The molecule has 6 heteroatoms. The number of thiophene rings is 1. The van der Waals surface area contributed by atoms with Gasteiger partial charge >= 0.3 is 0 Å². The maximum atomic E-state index is 12.6. The Morgan fingerprint density at radius 1 is 1.30 bits per heavy atom. The molecular weight excluding hydrogens is 362 g/mol. The molecule has 0 bridgehead atoms. The van der Waals surface area contributed by atoms with Gasteiger partial charge in [0.1, 0.15) is 0 Å². The third-order valence-electron chi connectivity index (χ3n) is 4.96. The van der Waals surface area contributed by atoms with Crippen molar-refractivity contribution in [3.8, 4) is 0 Å². The summed E-state index contributed by atoms with van der Waals surface area (Å²) in [6.45, 7) is 0.674. The average Bonchev–Trinajstić information content (AvgIpc) is 3.40. The van der Waals surface area contributed by atoms with E-state index in [2.05, 4.69) is 22.8 Å². The Labute approximate surface area is 163 Å². The number of amides is 1. The van der Waals surface area contributed by atoms with Gasteiger partial charge in [-0.2, -0.15) is 0 Å². The molecule has 1 aliphatic heterocycles. The Bertz CT molecular complexity index is 826. The van der Waals surface area contributed by atoms with Crippen molar-refractivity contribution in [3.63, 3.8) is 0 Å². The molecule has 2 aromatic rings. The highest BCUT2D eigenvalue weighted by atomic mass is 32.1. The van der Waals surface area contributed by atoms with E-state index in [9.17, 15) is 4.79 Å². The van der Waals surface area contributed by atoms with E-state index in [1.165, 1.54) is 15.6 Å². The molecule has 4 rings (SSSR count). The molecule has 1 amide bonds. The summed E-state index contributed by atoms with van der Waals surface area (Å²) < 4.78 is 13.0. The van der Waals surface area contributed by atoms with Gasteiger partial charge in [-0.3, -0.25) is 4.79 Å². The van der Waals surface area contributed by atoms with Crippen LogP contribution in [0.25, 0.3) is 10.1 Å².